The van der Waals surface area contributed by atoms with Gasteiger partial charge in [0.25, 0.3) is 0 Å². The highest BCUT2D eigenvalue weighted by molar-refractivity contribution is 5.85. The molecule has 4 rings (SSSR count). The van der Waals surface area contributed by atoms with Crippen LogP contribution in [-0.4, -0.2) is 70.2 Å². The van der Waals surface area contributed by atoms with Gasteiger partial charge in [-0.3, -0.25) is 0 Å². The van der Waals surface area contributed by atoms with Crippen LogP contribution in [0.3, 0.4) is 0 Å². The van der Waals surface area contributed by atoms with Crippen LogP contribution >= 0.6 is 0 Å². The molecule has 0 aliphatic carbocycles. The lowest BCUT2D eigenvalue weighted by Gasteiger charge is -2.36. The van der Waals surface area contributed by atoms with Gasteiger partial charge in [-0.2, -0.15) is 23.5 Å². The number of hydrogen-bond acceptors (Lipinski definition) is 7. The minimum Gasteiger partial charge on any atom is -0.482 e. The van der Waals surface area contributed by atoms with E-state index in [-0.39, 0.29) is 17.4 Å². The standard InChI is InChI=1S/C24H25F3N6O3/c1-23(2,3)36-22(34)32-8-6-31(7-9-32)20-5-4-16(12-29-20)19-10-18(35-15-24(25,26)27)14-33-21(19)17(11-28)13-30-33/h4-5,10,12-14H,6-9,15H2,1-3H3. The Morgan fingerprint density at radius 2 is 1.86 bits per heavy atom. The summed E-state index contributed by atoms with van der Waals surface area (Å²) in [5.74, 6) is 0.654. The smallest absolute Gasteiger partial charge is 0.422 e. The number of rotatable bonds is 4. The Hall–Kier alpha value is -4.01. The highest BCUT2D eigenvalue weighted by Crippen LogP contribution is 2.32. The van der Waals surface area contributed by atoms with Crippen LogP contribution in [0.25, 0.3) is 16.6 Å². The minimum absolute atomic E-state index is 0.0373. The first-order valence-corrected chi connectivity index (χ1v) is 11.2. The third kappa shape index (κ3) is 5.79. The molecule has 0 spiro atoms. The molecule has 0 unspecified atom stereocenters. The van der Waals surface area contributed by atoms with Gasteiger partial charge < -0.3 is 19.3 Å². The summed E-state index contributed by atoms with van der Waals surface area (Å²) in [7, 11) is 0. The average molecular weight is 502 g/mol. The van der Waals surface area contributed by atoms with Crippen molar-refractivity contribution in [1.29, 1.82) is 5.26 Å². The number of alkyl halides is 3. The zero-order chi connectivity index (χ0) is 26.1. The molecule has 190 valence electrons. The molecule has 3 aromatic heterocycles. The Kier molecular flexibility index (Phi) is 6.67. The van der Waals surface area contributed by atoms with Crippen molar-refractivity contribution in [2.45, 2.75) is 32.5 Å². The van der Waals surface area contributed by atoms with E-state index in [2.05, 4.69) is 16.2 Å². The van der Waals surface area contributed by atoms with Gasteiger partial charge in [-0.25, -0.2) is 14.3 Å². The third-order valence-corrected chi connectivity index (χ3v) is 5.42. The quantitative estimate of drug-likeness (QED) is 0.526. The molecule has 0 radical (unpaired) electrons. The summed E-state index contributed by atoms with van der Waals surface area (Å²) in [6, 6.07) is 7.06. The average Bonchev–Trinajstić information content (AvgIpc) is 3.24. The van der Waals surface area contributed by atoms with Gasteiger partial charge in [-0.1, -0.05) is 0 Å². The van der Waals surface area contributed by atoms with Crippen molar-refractivity contribution in [2.75, 3.05) is 37.7 Å². The van der Waals surface area contributed by atoms with E-state index in [1.807, 2.05) is 25.7 Å². The van der Waals surface area contributed by atoms with Crippen LogP contribution < -0.4 is 9.64 Å². The zero-order valence-corrected chi connectivity index (χ0v) is 20.0. The fraction of sp³-hybridized carbons (Fsp3) is 0.417. The van der Waals surface area contributed by atoms with Crippen molar-refractivity contribution >= 4 is 17.4 Å². The van der Waals surface area contributed by atoms with Crippen molar-refractivity contribution < 1.29 is 27.4 Å². The molecule has 1 aliphatic heterocycles. The molecule has 0 atom stereocenters. The maximum atomic E-state index is 12.7. The van der Waals surface area contributed by atoms with Gasteiger partial charge in [0.2, 0.25) is 0 Å². The second-order valence-electron chi connectivity index (χ2n) is 9.32. The minimum atomic E-state index is -4.49. The number of anilines is 1. The van der Waals surface area contributed by atoms with E-state index in [4.69, 9.17) is 9.47 Å². The summed E-state index contributed by atoms with van der Waals surface area (Å²) in [4.78, 5) is 20.5. The molecular weight excluding hydrogens is 477 g/mol. The van der Waals surface area contributed by atoms with Crippen LogP contribution in [0.4, 0.5) is 23.8 Å². The second-order valence-corrected chi connectivity index (χ2v) is 9.32. The number of carbonyl (C=O) groups is 1. The van der Waals surface area contributed by atoms with Gasteiger partial charge in [0.1, 0.15) is 23.2 Å². The Morgan fingerprint density at radius 1 is 1.14 bits per heavy atom. The predicted molar refractivity (Wildman–Crippen MR) is 125 cm³/mol. The molecular formula is C24H25F3N6O3. The van der Waals surface area contributed by atoms with Crippen LogP contribution in [0.5, 0.6) is 5.75 Å². The van der Waals surface area contributed by atoms with E-state index < -0.39 is 18.4 Å². The SMILES string of the molecule is CC(C)(C)OC(=O)N1CCN(c2ccc(-c3cc(OCC(F)(F)F)cn4ncc(C#N)c34)cn2)CC1. The normalized spacial score (nSPS) is 14.6. The van der Waals surface area contributed by atoms with Crippen LogP contribution in [0.1, 0.15) is 26.3 Å². The lowest BCUT2D eigenvalue weighted by molar-refractivity contribution is -0.153. The Balaban J connectivity index is 1.54. The number of nitrogens with zero attached hydrogens (tertiary/aromatic N) is 6. The topological polar surface area (TPSA) is 96.0 Å². The highest BCUT2D eigenvalue weighted by Gasteiger charge is 2.29. The first kappa shape index (κ1) is 25.1. The fourth-order valence-corrected chi connectivity index (χ4v) is 3.82. The van der Waals surface area contributed by atoms with E-state index in [1.54, 1.807) is 23.2 Å². The van der Waals surface area contributed by atoms with Gasteiger partial charge in [0.05, 0.1) is 23.5 Å². The number of carbonyl (C=O) groups excluding carboxylic acids is 1. The lowest BCUT2D eigenvalue weighted by atomic mass is 10.1. The molecule has 0 bridgehead atoms. The molecule has 12 heteroatoms. The summed E-state index contributed by atoms with van der Waals surface area (Å²) in [5.41, 5.74) is 1.21. The Bertz CT molecular complexity index is 1280. The number of halogens is 3. The number of amides is 1. The van der Waals surface area contributed by atoms with E-state index in [0.29, 0.717) is 48.6 Å². The molecule has 36 heavy (non-hydrogen) atoms. The van der Waals surface area contributed by atoms with Gasteiger partial charge in [-0.05, 0) is 39.0 Å². The number of fused-ring (bicyclic) bond motifs is 1. The molecule has 1 fully saturated rings. The van der Waals surface area contributed by atoms with Gasteiger partial charge in [0.15, 0.2) is 6.61 Å². The van der Waals surface area contributed by atoms with Crippen molar-refractivity contribution in [3.8, 4) is 22.9 Å². The Morgan fingerprint density at radius 3 is 2.44 bits per heavy atom. The van der Waals surface area contributed by atoms with E-state index in [9.17, 15) is 23.2 Å². The fourth-order valence-electron chi connectivity index (χ4n) is 3.82. The molecule has 0 N–H and O–H groups in total. The molecule has 0 saturated carbocycles. The van der Waals surface area contributed by atoms with Crippen LogP contribution in [0.2, 0.25) is 0 Å². The number of ether oxygens (including phenoxy) is 2. The van der Waals surface area contributed by atoms with Crippen LogP contribution in [0, 0.1) is 11.3 Å². The largest absolute Gasteiger partial charge is 0.482 e. The Labute approximate surface area is 205 Å². The number of hydrogen-bond donors (Lipinski definition) is 0. The summed E-state index contributed by atoms with van der Waals surface area (Å²) in [6.45, 7) is 6.12. The number of pyridine rings is 2. The molecule has 9 nitrogen and oxygen atoms in total. The lowest BCUT2D eigenvalue weighted by Crippen LogP contribution is -2.50. The summed E-state index contributed by atoms with van der Waals surface area (Å²) in [6.07, 6.45) is -0.605. The predicted octanol–water partition coefficient (Wildman–Crippen LogP) is 4.27. The summed E-state index contributed by atoms with van der Waals surface area (Å²) in [5, 5.41) is 13.5. The zero-order valence-electron chi connectivity index (χ0n) is 20.0. The summed E-state index contributed by atoms with van der Waals surface area (Å²) >= 11 is 0. The van der Waals surface area contributed by atoms with E-state index in [0.717, 1.165) is 0 Å². The number of nitriles is 1. The van der Waals surface area contributed by atoms with E-state index in [1.165, 1.54) is 23.0 Å². The molecule has 1 saturated heterocycles. The maximum Gasteiger partial charge on any atom is 0.422 e. The summed E-state index contributed by atoms with van der Waals surface area (Å²) < 4.78 is 49.7. The molecule has 0 aromatic carbocycles. The van der Waals surface area contributed by atoms with Crippen molar-refractivity contribution in [2.24, 2.45) is 0 Å². The maximum absolute atomic E-state index is 12.7. The number of aromatic nitrogens is 3. The van der Waals surface area contributed by atoms with Gasteiger partial charge in [0, 0.05) is 43.5 Å². The highest BCUT2D eigenvalue weighted by atomic mass is 19.4. The molecule has 4 heterocycles. The van der Waals surface area contributed by atoms with E-state index >= 15 is 0 Å². The first-order valence-electron chi connectivity index (χ1n) is 11.2. The van der Waals surface area contributed by atoms with Crippen molar-refractivity contribution in [3.63, 3.8) is 0 Å². The number of piperazine rings is 1. The van der Waals surface area contributed by atoms with Gasteiger partial charge in [-0.15, -0.1) is 0 Å². The molecule has 3 aromatic rings. The first-order chi connectivity index (χ1) is 16.9. The van der Waals surface area contributed by atoms with Crippen LogP contribution in [-0.2, 0) is 4.74 Å². The van der Waals surface area contributed by atoms with Crippen LogP contribution in [0.15, 0.2) is 36.8 Å². The third-order valence-electron chi connectivity index (χ3n) is 5.42. The monoisotopic (exact) mass is 502 g/mol. The van der Waals surface area contributed by atoms with Gasteiger partial charge >= 0.3 is 12.3 Å². The molecule has 1 aliphatic rings. The van der Waals surface area contributed by atoms with Crippen molar-refractivity contribution in [1.82, 2.24) is 19.5 Å². The molecule has 1 amide bonds. The van der Waals surface area contributed by atoms with Crippen molar-refractivity contribution in [3.05, 3.63) is 42.4 Å². The second kappa shape index (κ2) is 9.56.